The Morgan fingerprint density at radius 1 is 1.38 bits per heavy atom. The maximum Gasteiger partial charge on any atom is 0.221 e. The number of hydrogen-bond acceptors (Lipinski definition) is 3. The second-order valence-electron chi connectivity index (χ2n) is 4.22. The van der Waals surface area contributed by atoms with E-state index >= 15 is 0 Å². The maximum absolute atomic E-state index is 11.2. The monoisotopic (exact) mass is 250 g/mol. The third-order valence-electron chi connectivity index (χ3n) is 3.09. The summed E-state index contributed by atoms with van der Waals surface area (Å²) in [4.78, 5) is 11.2. The fourth-order valence-electron chi connectivity index (χ4n) is 2.05. The molecule has 16 heavy (non-hydrogen) atoms. The predicted molar refractivity (Wildman–Crippen MR) is 66.7 cm³/mol. The zero-order valence-electron chi connectivity index (χ0n) is 9.91. The number of carbonyl (C=O) groups excluding carboxylic acids is 1. The molecule has 5 heteroatoms. The van der Waals surface area contributed by atoms with Gasteiger partial charge in [-0.2, -0.15) is 0 Å². The first kappa shape index (κ1) is 15.7. The SMILES string of the molecule is COC1CCC(CNC(=O)CCN)CC1.Cl. The van der Waals surface area contributed by atoms with Gasteiger partial charge in [0.15, 0.2) is 0 Å². The van der Waals surface area contributed by atoms with E-state index in [2.05, 4.69) is 5.32 Å². The molecule has 0 aromatic rings. The molecule has 0 aromatic heterocycles. The molecular formula is C11H23ClN2O2. The summed E-state index contributed by atoms with van der Waals surface area (Å²) in [7, 11) is 1.77. The minimum Gasteiger partial charge on any atom is -0.381 e. The molecule has 0 unspecified atom stereocenters. The van der Waals surface area contributed by atoms with Crippen molar-refractivity contribution in [3.63, 3.8) is 0 Å². The Hall–Kier alpha value is -0.320. The van der Waals surface area contributed by atoms with Crippen LogP contribution in [0.4, 0.5) is 0 Å². The molecule has 0 heterocycles. The third-order valence-corrected chi connectivity index (χ3v) is 3.09. The van der Waals surface area contributed by atoms with E-state index in [0.717, 1.165) is 32.2 Å². The van der Waals surface area contributed by atoms with E-state index in [-0.39, 0.29) is 18.3 Å². The molecule has 0 radical (unpaired) electrons. The van der Waals surface area contributed by atoms with Crippen molar-refractivity contribution in [1.29, 1.82) is 0 Å². The number of nitrogens with one attached hydrogen (secondary N) is 1. The second-order valence-corrected chi connectivity index (χ2v) is 4.22. The van der Waals surface area contributed by atoms with Crippen LogP contribution in [0.15, 0.2) is 0 Å². The number of methoxy groups -OCH3 is 1. The number of halogens is 1. The average Bonchev–Trinajstić information content (AvgIpc) is 2.27. The van der Waals surface area contributed by atoms with Gasteiger partial charge in [-0.25, -0.2) is 0 Å². The first-order valence-corrected chi connectivity index (χ1v) is 5.75. The molecule has 3 N–H and O–H groups in total. The summed E-state index contributed by atoms with van der Waals surface area (Å²) in [5.41, 5.74) is 5.30. The van der Waals surface area contributed by atoms with Crippen molar-refractivity contribution >= 4 is 18.3 Å². The fraction of sp³-hybridized carbons (Fsp3) is 0.909. The van der Waals surface area contributed by atoms with Crippen molar-refractivity contribution in [2.75, 3.05) is 20.2 Å². The van der Waals surface area contributed by atoms with Gasteiger partial charge in [0.05, 0.1) is 6.10 Å². The number of carbonyl (C=O) groups is 1. The van der Waals surface area contributed by atoms with Crippen LogP contribution in [-0.2, 0) is 9.53 Å². The number of nitrogens with two attached hydrogens (primary N) is 1. The van der Waals surface area contributed by atoms with Crippen LogP contribution >= 0.6 is 12.4 Å². The molecule has 1 saturated carbocycles. The lowest BCUT2D eigenvalue weighted by Crippen LogP contribution is -2.33. The van der Waals surface area contributed by atoms with Gasteiger partial charge in [0, 0.05) is 26.6 Å². The summed E-state index contributed by atoms with van der Waals surface area (Å²) >= 11 is 0. The van der Waals surface area contributed by atoms with Crippen LogP contribution in [0, 0.1) is 5.92 Å². The molecule has 0 atom stereocenters. The molecule has 1 rings (SSSR count). The van der Waals surface area contributed by atoms with Gasteiger partial charge in [0.1, 0.15) is 0 Å². The molecule has 0 bridgehead atoms. The summed E-state index contributed by atoms with van der Waals surface area (Å²) in [5, 5.41) is 2.93. The largest absolute Gasteiger partial charge is 0.381 e. The first-order valence-electron chi connectivity index (χ1n) is 5.75. The summed E-state index contributed by atoms with van der Waals surface area (Å²) in [5.74, 6) is 0.699. The normalized spacial score (nSPS) is 24.6. The highest BCUT2D eigenvalue weighted by Crippen LogP contribution is 2.25. The summed E-state index contributed by atoms with van der Waals surface area (Å²) < 4.78 is 5.30. The van der Waals surface area contributed by atoms with Gasteiger partial charge in [-0.15, -0.1) is 12.4 Å². The zero-order chi connectivity index (χ0) is 11.1. The van der Waals surface area contributed by atoms with E-state index in [1.54, 1.807) is 7.11 Å². The maximum atomic E-state index is 11.2. The molecule has 1 aliphatic rings. The number of rotatable bonds is 5. The molecule has 1 aliphatic carbocycles. The Kier molecular flexibility index (Phi) is 8.61. The van der Waals surface area contributed by atoms with Crippen molar-refractivity contribution in [2.45, 2.75) is 38.2 Å². The lowest BCUT2D eigenvalue weighted by molar-refractivity contribution is -0.121. The zero-order valence-corrected chi connectivity index (χ0v) is 10.7. The highest BCUT2D eigenvalue weighted by molar-refractivity contribution is 5.85. The van der Waals surface area contributed by atoms with E-state index in [0.29, 0.717) is 25.0 Å². The van der Waals surface area contributed by atoms with Crippen molar-refractivity contribution in [3.8, 4) is 0 Å². The smallest absolute Gasteiger partial charge is 0.221 e. The third kappa shape index (κ3) is 5.68. The van der Waals surface area contributed by atoms with E-state index in [1.165, 1.54) is 0 Å². The summed E-state index contributed by atoms with van der Waals surface area (Å²) in [6.45, 7) is 1.23. The number of hydrogen-bond donors (Lipinski definition) is 2. The van der Waals surface area contributed by atoms with Crippen molar-refractivity contribution in [3.05, 3.63) is 0 Å². The van der Waals surface area contributed by atoms with Gasteiger partial charge < -0.3 is 15.8 Å². The second kappa shape index (κ2) is 8.79. The minimum absolute atomic E-state index is 0. The van der Waals surface area contributed by atoms with E-state index in [9.17, 15) is 4.79 Å². The quantitative estimate of drug-likeness (QED) is 0.768. The van der Waals surface area contributed by atoms with Gasteiger partial charge in [0.2, 0.25) is 5.91 Å². The van der Waals surface area contributed by atoms with Gasteiger partial charge in [-0.3, -0.25) is 4.79 Å². The standard InChI is InChI=1S/C11H22N2O2.ClH/c1-15-10-4-2-9(3-5-10)8-13-11(14)6-7-12;/h9-10H,2-8,12H2,1H3,(H,13,14);1H. The lowest BCUT2D eigenvalue weighted by Gasteiger charge is -2.27. The van der Waals surface area contributed by atoms with Crippen LogP contribution in [0.5, 0.6) is 0 Å². The molecule has 0 spiro atoms. The number of ether oxygens (including phenoxy) is 1. The Morgan fingerprint density at radius 3 is 2.50 bits per heavy atom. The Balaban J connectivity index is 0.00000225. The Morgan fingerprint density at radius 2 is 2.00 bits per heavy atom. The van der Waals surface area contributed by atoms with E-state index < -0.39 is 0 Å². The van der Waals surface area contributed by atoms with Crippen molar-refractivity contribution in [1.82, 2.24) is 5.32 Å². The van der Waals surface area contributed by atoms with Crippen molar-refractivity contribution < 1.29 is 9.53 Å². The van der Waals surface area contributed by atoms with Crippen LogP contribution in [0.1, 0.15) is 32.1 Å². The van der Waals surface area contributed by atoms with Crippen LogP contribution in [0.2, 0.25) is 0 Å². The molecule has 1 fully saturated rings. The molecule has 0 aromatic carbocycles. The van der Waals surface area contributed by atoms with Gasteiger partial charge in [-0.1, -0.05) is 0 Å². The van der Waals surface area contributed by atoms with Crippen LogP contribution in [0.3, 0.4) is 0 Å². The van der Waals surface area contributed by atoms with Crippen LogP contribution in [-0.4, -0.2) is 32.2 Å². The summed E-state index contributed by atoms with van der Waals surface area (Å²) in [6, 6.07) is 0. The van der Waals surface area contributed by atoms with Gasteiger partial charge in [-0.05, 0) is 31.6 Å². The lowest BCUT2D eigenvalue weighted by atomic mass is 9.87. The minimum atomic E-state index is 0. The Labute approximate surface area is 104 Å². The molecule has 1 amide bonds. The van der Waals surface area contributed by atoms with Crippen LogP contribution in [0.25, 0.3) is 0 Å². The predicted octanol–water partition coefficient (Wildman–Crippen LogP) is 1.08. The molecular weight excluding hydrogens is 228 g/mol. The van der Waals surface area contributed by atoms with E-state index in [1.807, 2.05) is 0 Å². The fourth-order valence-corrected chi connectivity index (χ4v) is 2.05. The van der Waals surface area contributed by atoms with Crippen LogP contribution < -0.4 is 11.1 Å². The van der Waals surface area contributed by atoms with E-state index in [4.69, 9.17) is 10.5 Å². The summed E-state index contributed by atoms with van der Waals surface area (Å²) in [6.07, 6.45) is 5.42. The topological polar surface area (TPSA) is 64.3 Å². The number of amides is 1. The molecule has 0 aliphatic heterocycles. The van der Waals surface area contributed by atoms with Crippen molar-refractivity contribution in [2.24, 2.45) is 11.7 Å². The molecule has 0 saturated heterocycles. The Bertz CT molecular complexity index is 194. The molecule has 96 valence electrons. The highest BCUT2D eigenvalue weighted by atomic mass is 35.5. The average molecular weight is 251 g/mol. The van der Waals surface area contributed by atoms with Gasteiger partial charge >= 0.3 is 0 Å². The molecule has 4 nitrogen and oxygen atoms in total. The highest BCUT2D eigenvalue weighted by Gasteiger charge is 2.20. The van der Waals surface area contributed by atoms with Gasteiger partial charge in [0.25, 0.3) is 0 Å². The first-order chi connectivity index (χ1) is 7.26.